The van der Waals surface area contributed by atoms with Crippen LogP contribution in [0.3, 0.4) is 0 Å². The van der Waals surface area contributed by atoms with Crippen LogP contribution in [0.25, 0.3) is 0 Å². The lowest BCUT2D eigenvalue weighted by Gasteiger charge is -2.09. The maximum atomic E-state index is 12.1. The lowest BCUT2D eigenvalue weighted by atomic mass is 10.2. The Hall–Kier alpha value is -2.14. The lowest BCUT2D eigenvalue weighted by molar-refractivity contribution is 0.284. The molecule has 0 atom stereocenters. The minimum Gasteiger partial charge on any atom is -0.397 e. The molecule has 16 heteroatoms. The molecular weight excluding hydrogens is 498 g/mol. The van der Waals surface area contributed by atoms with Crippen molar-refractivity contribution in [1.82, 2.24) is 0 Å². The predicted octanol–water partition coefficient (Wildman–Crippen LogP) is 2.49. The number of azo groups is 1. The van der Waals surface area contributed by atoms with Crippen molar-refractivity contribution in [2.45, 2.75) is 16.7 Å². The van der Waals surface area contributed by atoms with Gasteiger partial charge in [0, 0.05) is 0 Å². The van der Waals surface area contributed by atoms with Gasteiger partial charge in [0.15, 0.2) is 9.84 Å². The van der Waals surface area contributed by atoms with E-state index in [1.54, 1.807) is 0 Å². The monoisotopic (exact) mass is 513 g/mol. The van der Waals surface area contributed by atoms with Gasteiger partial charge < -0.3 is 5.73 Å². The van der Waals surface area contributed by atoms with E-state index in [1.807, 2.05) is 0 Å². The number of nitrogens with zero attached hydrogens (tertiary/aromatic N) is 2. The van der Waals surface area contributed by atoms with Crippen molar-refractivity contribution in [3.05, 3.63) is 40.9 Å². The standard InChI is InChI=1S/C15H16ClN3O9S3/c1-9-14(16)12(8-13(15(9)17)30(22,23)24)19-18-10-2-4-11(5-3-10)29(20,21)7-6-28-31(25,26)27/h2-5,8H,6-7,17H2,1H3,(H,22,23,24)(H,25,26,27). The van der Waals surface area contributed by atoms with Gasteiger partial charge >= 0.3 is 10.4 Å². The van der Waals surface area contributed by atoms with Crippen molar-refractivity contribution in [1.29, 1.82) is 0 Å². The van der Waals surface area contributed by atoms with Crippen molar-refractivity contribution in [2.24, 2.45) is 10.2 Å². The van der Waals surface area contributed by atoms with Crippen LogP contribution in [0.5, 0.6) is 0 Å². The summed E-state index contributed by atoms with van der Waals surface area (Å²) in [6.07, 6.45) is 0. The molecular formula is C15H16ClN3O9S3. The van der Waals surface area contributed by atoms with Crippen molar-refractivity contribution in [3.63, 3.8) is 0 Å². The van der Waals surface area contributed by atoms with E-state index in [0.717, 1.165) is 6.07 Å². The molecule has 0 fully saturated rings. The van der Waals surface area contributed by atoms with E-state index in [9.17, 15) is 29.8 Å². The van der Waals surface area contributed by atoms with E-state index >= 15 is 0 Å². The number of benzene rings is 2. The molecule has 0 heterocycles. The van der Waals surface area contributed by atoms with Crippen molar-refractivity contribution in [3.8, 4) is 0 Å². The van der Waals surface area contributed by atoms with E-state index in [2.05, 4.69) is 14.4 Å². The first-order chi connectivity index (χ1) is 14.1. The number of hydrogen-bond donors (Lipinski definition) is 3. The Morgan fingerprint density at radius 3 is 2.13 bits per heavy atom. The van der Waals surface area contributed by atoms with Crippen LogP contribution in [0.1, 0.15) is 5.56 Å². The molecule has 0 saturated carbocycles. The Bertz CT molecular complexity index is 1340. The first kappa shape index (κ1) is 25.1. The van der Waals surface area contributed by atoms with Crippen molar-refractivity contribution < 1.29 is 38.5 Å². The van der Waals surface area contributed by atoms with E-state index in [1.165, 1.54) is 31.2 Å². The van der Waals surface area contributed by atoms with E-state index < -0.39 is 47.6 Å². The molecule has 12 nitrogen and oxygen atoms in total. The number of hydrogen-bond acceptors (Lipinski definition) is 10. The highest BCUT2D eigenvalue weighted by Gasteiger charge is 2.20. The Balaban J connectivity index is 2.27. The molecule has 0 aromatic heterocycles. The Kier molecular flexibility index (Phi) is 7.42. The third-order valence-corrected chi connectivity index (χ3v) is 7.35. The summed E-state index contributed by atoms with van der Waals surface area (Å²) in [7, 11) is -13.3. The van der Waals surface area contributed by atoms with Crippen LogP contribution in [-0.2, 0) is 34.5 Å². The number of nitrogen functional groups attached to an aromatic ring is 1. The van der Waals surface area contributed by atoms with Crippen LogP contribution in [0, 0.1) is 6.92 Å². The first-order valence-corrected chi connectivity index (χ1v) is 12.9. The second kappa shape index (κ2) is 9.15. The summed E-state index contributed by atoms with van der Waals surface area (Å²) in [6, 6.07) is 5.86. The van der Waals surface area contributed by atoms with Crippen molar-refractivity contribution >= 4 is 59.0 Å². The summed E-state index contributed by atoms with van der Waals surface area (Å²) in [5.41, 5.74) is 5.66. The average molecular weight is 514 g/mol. The third-order valence-electron chi connectivity index (χ3n) is 3.82. The molecule has 0 bridgehead atoms. The van der Waals surface area contributed by atoms with Crippen LogP contribution in [-0.4, -0.2) is 46.7 Å². The average Bonchev–Trinajstić information content (AvgIpc) is 2.63. The highest BCUT2D eigenvalue weighted by atomic mass is 35.5. The maximum absolute atomic E-state index is 12.1. The summed E-state index contributed by atoms with van der Waals surface area (Å²) in [4.78, 5) is -0.752. The molecule has 2 aromatic carbocycles. The van der Waals surface area contributed by atoms with E-state index in [0.29, 0.717) is 0 Å². The minimum absolute atomic E-state index is 0.00619. The first-order valence-electron chi connectivity index (χ1n) is 8.04. The molecule has 0 aliphatic carbocycles. The van der Waals surface area contributed by atoms with Crippen molar-refractivity contribution in [2.75, 3.05) is 18.1 Å². The summed E-state index contributed by atoms with van der Waals surface area (Å²) in [6.45, 7) is 0.657. The molecule has 2 aromatic rings. The van der Waals surface area contributed by atoms with Crippen LogP contribution in [0.2, 0.25) is 5.02 Å². The van der Waals surface area contributed by atoms with Gasteiger partial charge in [0.05, 0.1) is 33.7 Å². The second-order valence-corrected chi connectivity index (χ2v) is 11.0. The Morgan fingerprint density at radius 2 is 1.61 bits per heavy atom. The largest absolute Gasteiger partial charge is 0.397 e. The molecule has 0 aliphatic rings. The van der Waals surface area contributed by atoms with Crippen LogP contribution >= 0.6 is 11.6 Å². The molecule has 0 saturated heterocycles. The zero-order valence-corrected chi connectivity index (χ0v) is 18.8. The normalized spacial score (nSPS) is 13.0. The van der Waals surface area contributed by atoms with Crippen LogP contribution < -0.4 is 5.73 Å². The van der Waals surface area contributed by atoms with E-state index in [4.69, 9.17) is 21.9 Å². The SMILES string of the molecule is Cc1c(N)c(S(=O)(=O)O)cc(N=Nc2ccc(S(=O)(=O)CCOS(=O)(=O)O)cc2)c1Cl. The van der Waals surface area contributed by atoms with Gasteiger partial charge in [-0.15, -0.1) is 5.11 Å². The van der Waals surface area contributed by atoms with Gasteiger partial charge in [-0.05, 0) is 42.8 Å². The molecule has 31 heavy (non-hydrogen) atoms. The predicted molar refractivity (Wildman–Crippen MR) is 111 cm³/mol. The minimum atomic E-state index is -4.75. The molecule has 0 radical (unpaired) electrons. The fourth-order valence-corrected chi connectivity index (χ4v) is 4.62. The molecule has 170 valence electrons. The number of halogens is 1. The second-order valence-electron chi connectivity index (χ2n) is 5.98. The molecule has 0 spiro atoms. The fraction of sp³-hybridized carbons (Fsp3) is 0.200. The Labute approximate surface area is 183 Å². The number of rotatable bonds is 8. The van der Waals surface area contributed by atoms with Gasteiger partial charge in [0.25, 0.3) is 10.1 Å². The van der Waals surface area contributed by atoms with Gasteiger partial charge in [-0.1, -0.05) is 11.6 Å². The maximum Gasteiger partial charge on any atom is 0.397 e. The van der Waals surface area contributed by atoms with Crippen LogP contribution in [0.4, 0.5) is 17.1 Å². The lowest BCUT2D eigenvalue weighted by Crippen LogP contribution is -2.15. The number of nitrogens with two attached hydrogens (primary N) is 1. The van der Waals surface area contributed by atoms with Gasteiger partial charge in [-0.2, -0.15) is 21.9 Å². The highest BCUT2D eigenvalue weighted by molar-refractivity contribution is 7.91. The highest BCUT2D eigenvalue weighted by Crippen LogP contribution is 2.37. The van der Waals surface area contributed by atoms with Gasteiger partial charge in [0.2, 0.25) is 0 Å². The summed E-state index contributed by atoms with van der Waals surface area (Å²) in [5, 5.41) is 7.67. The molecule has 0 aliphatic heterocycles. The Morgan fingerprint density at radius 1 is 1.03 bits per heavy atom. The third kappa shape index (κ3) is 6.67. The molecule has 0 amide bonds. The quantitative estimate of drug-likeness (QED) is 0.267. The van der Waals surface area contributed by atoms with Gasteiger partial charge in [-0.25, -0.2) is 12.6 Å². The molecule has 4 N–H and O–H groups in total. The van der Waals surface area contributed by atoms with Crippen LogP contribution in [0.15, 0.2) is 50.4 Å². The zero-order valence-electron chi connectivity index (χ0n) is 15.6. The summed E-state index contributed by atoms with van der Waals surface area (Å²) >= 11 is 6.09. The summed E-state index contributed by atoms with van der Waals surface area (Å²) in [5.74, 6) is -0.702. The number of sulfone groups is 1. The van der Waals surface area contributed by atoms with Gasteiger partial charge in [0.1, 0.15) is 10.6 Å². The molecule has 2 rings (SSSR count). The smallest absolute Gasteiger partial charge is 0.397 e. The van der Waals surface area contributed by atoms with Gasteiger partial charge in [-0.3, -0.25) is 9.11 Å². The molecule has 0 unspecified atom stereocenters. The topological polar surface area (TPSA) is 203 Å². The summed E-state index contributed by atoms with van der Waals surface area (Å²) < 4.78 is 89.9. The van der Waals surface area contributed by atoms with E-state index in [-0.39, 0.29) is 32.5 Å². The zero-order chi connectivity index (χ0) is 23.6. The fourth-order valence-electron chi connectivity index (χ4n) is 2.25. The number of anilines is 1.